The number of methoxy groups -OCH3 is 1. The first-order chi connectivity index (χ1) is 10.1. The molecule has 0 fully saturated rings. The zero-order chi connectivity index (χ0) is 15.2. The van der Waals surface area contributed by atoms with Crippen molar-refractivity contribution in [2.45, 2.75) is 19.3 Å². The fourth-order valence-electron chi connectivity index (χ4n) is 2.64. The lowest BCUT2D eigenvalue weighted by Crippen LogP contribution is -2.20. The number of rotatable bonds is 4. The van der Waals surface area contributed by atoms with Gasteiger partial charge in [-0.1, -0.05) is 12.2 Å². The van der Waals surface area contributed by atoms with Gasteiger partial charge in [0.2, 0.25) is 0 Å². The van der Waals surface area contributed by atoms with Crippen LogP contribution in [0.1, 0.15) is 23.1 Å². The van der Waals surface area contributed by atoms with Gasteiger partial charge in [0, 0.05) is 6.54 Å². The van der Waals surface area contributed by atoms with Crippen molar-refractivity contribution in [3.63, 3.8) is 0 Å². The lowest BCUT2D eigenvalue weighted by molar-refractivity contribution is 0.195. The topological polar surface area (TPSA) is 82.3 Å². The van der Waals surface area contributed by atoms with Gasteiger partial charge in [0.25, 0.3) is 0 Å². The molecule has 5 heteroatoms. The number of nitrogens with one attached hydrogen (secondary N) is 1. The summed E-state index contributed by atoms with van der Waals surface area (Å²) < 4.78 is 5.25. The van der Waals surface area contributed by atoms with Gasteiger partial charge in [-0.15, -0.1) is 0 Å². The third-order valence-electron chi connectivity index (χ3n) is 3.69. The molecule has 1 unspecified atom stereocenters. The molecule has 1 aliphatic rings. The van der Waals surface area contributed by atoms with Crippen LogP contribution in [0.15, 0.2) is 24.3 Å². The van der Waals surface area contributed by atoms with Gasteiger partial charge in [-0.05, 0) is 48.4 Å². The zero-order valence-corrected chi connectivity index (χ0v) is 11.9. The Morgan fingerprint density at radius 1 is 1.57 bits per heavy atom. The molecule has 1 aromatic carbocycles. The van der Waals surface area contributed by atoms with Crippen LogP contribution in [-0.2, 0) is 12.8 Å². The first-order valence-electron chi connectivity index (χ1n) is 6.87. The van der Waals surface area contributed by atoms with E-state index in [4.69, 9.17) is 15.1 Å². The molecule has 5 nitrogen and oxygen atoms in total. The summed E-state index contributed by atoms with van der Waals surface area (Å²) in [5, 5.41) is 19.9. The summed E-state index contributed by atoms with van der Waals surface area (Å²) in [6.07, 6.45) is 5.72. The zero-order valence-electron chi connectivity index (χ0n) is 11.9. The molecule has 1 atom stereocenters. The summed E-state index contributed by atoms with van der Waals surface area (Å²) in [5.41, 5.74) is 2.99. The molecule has 0 saturated carbocycles. The molecule has 0 bridgehead atoms. The molecule has 1 aromatic rings. The number of ether oxygens (including phenoxy) is 1. The van der Waals surface area contributed by atoms with E-state index in [1.165, 1.54) is 11.1 Å². The molecule has 110 valence electrons. The lowest BCUT2D eigenvalue weighted by atomic mass is 9.83. The minimum absolute atomic E-state index is 0.329. The fourth-order valence-corrected chi connectivity index (χ4v) is 2.64. The predicted octanol–water partition coefficient (Wildman–Crippen LogP) is 2.50. The van der Waals surface area contributed by atoms with Gasteiger partial charge < -0.3 is 15.2 Å². The molecule has 1 aliphatic carbocycles. The number of hydrogen-bond acceptors (Lipinski definition) is 3. The number of benzene rings is 1. The maximum atomic E-state index is 10.4. The number of hydrogen-bond donors (Lipinski definition) is 2. The van der Waals surface area contributed by atoms with E-state index in [1.807, 2.05) is 18.2 Å². The average Bonchev–Trinajstić information content (AvgIpc) is 2.49. The van der Waals surface area contributed by atoms with Crippen molar-refractivity contribution >= 4 is 6.09 Å². The Hall–Kier alpha value is -2.48. The van der Waals surface area contributed by atoms with Crippen molar-refractivity contribution in [3.05, 3.63) is 41.0 Å². The second-order valence-electron chi connectivity index (χ2n) is 5.05. The van der Waals surface area contributed by atoms with E-state index in [9.17, 15) is 4.79 Å². The third-order valence-corrected chi connectivity index (χ3v) is 3.69. The summed E-state index contributed by atoms with van der Waals surface area (Å²) in [7, 11) is 1.57. The molecule has 1 amide bonds. The molecule has 0 heterocycles. The maximum Gasteiger partial charge on any atom is 0.404 e. The van der Waals surface area contributed by atoms with Gasteiger partial charge in [0.15, 0.2) is 0 Å². The van der Waals surface area contributed by atoms with Gasteiger partial charge in [0.1, 0.15) is 11.8 Å². The van der Waals surface area contributed by atoms with Crippen LogP contribution in [-0.4, -0.2) is 24.9 Å². The SMILES string of the molecule is COc1cc2c(cc1C#N)CCC(C=CCNC(=O)O)C2. The van der Waals surface area contributed by atoms with Crippen molar-refractivity contribution in [1.29, 1.82) is 5.26 Å². The third kappa shape index (κ3) is 3.76. The summed E-state index contributed by atoms with van der Waals surface area (Å²) >= 11 is 0. The summed E-state index contributed by atoms with van der Waals surface area (Å²) in [4.78, 5) is 10.4. The number of carboxylic acid groups (broad SMARTS) is 1. The van der Waals surface area contributed by atoms with Gasteiger partial charge >= 0.3 is 6.09 Å². The van der Waals surface area contributed by atoms with Crippen molar-refractivity contribution < 1.29 is 14.6 Å². The molecule has 2 rings (SSSR count). The van der Waals surface area contributed by atoms with Crippen LogP contribution in [0, 0.1) is 17.2 Å². The van der Waals surface area contributed by atoms with E-state index < -0.39 is 6.09 Å². The standard InChI is InChI=1S/C16H18N2O3/c1-21-15-9-13-7-11(3-2-6-18-16(19)20)4-5-12(13)8-14(15)10-17/h2-3,8-9,11,18H,4-7H2,1H3,(H,19,20). The Bertz CT molecular complexity index is 602. The Morgan fingerprint density at radius 3 is 3.05 bits per heavy atom. The Kier molecular flexibility index (Phi) is 4.83. The van der Waals surface area contributed by atoms with Gasteiger partial charge in [-0.25, -0.2) is 4.79 Å². The molecule has 0 aromatic heterocycles. The van der Waals surface area contributed by atoms with Crippen LogP contribution in [0.2, 0.25) is 0 Å². The quantitative estimate of drug-likeness (QED) is 0.833. The Labute approximate surface area is 123 Å². The van der Waals surface area contributed by atoms with Crippen LogP contribution in [0.25, 0.3) is 0 Å². The highest BCUT2D eigenvalue weighted by Gasteiger charge is 2.19. The van der Waals surface area contributed by atoms with Crippen molar-refractivity contribution in [2.24, 2.45) is 5.92 Å². The van der Waals surface area contributed by atoms with E-state index in [-0.39, 0.29) is 0 Å². The highest BCUT2D eigenvalue weighted by molar-refractivity contribution is 5.64. The van der Waals surface area contributed by atoms with Crippen LogP contribution >= 0.6 is 0 Å². The summed E-state index contributed by atoms with van der Waals surface area (Å²) in [5.74, 6) is 1.01. The number of amides is 1. The maximum absolute atomic E-state index is 10.4. The molecule has 0 radical (unpaired) electrons. The molecule has 2 N–H and O–H groups in total. The number of allylic oxidation sites excluding steroid dienone is 1. The first kappa shape index (κ1) is 14.9. The normalized spacial score (nSPS) is 17.0. The molecule has 0 aliphatic heterocycles. The smallest absolute Gasteiger partial charge is 0.404 e. The van der Waals surface area contributed by atoms with Crippen LogP contribution in [0.3, 0.4) is 0 Å². The minimum Gasteiger partial charge on any atom is -0.495 e. The Balaban J connectivity index is 2.06. The number of carbonyl (C=O) groups is 1. The second kappa shape index (κ2) is 6.80. The van der Waals surface area contributed by atoms with Gasteiger partial charge in [0.05, 0.1) is 12.7 Å². The molecule has 21 heavy (non-hydrogen) atoms. The van der Waals surface area contributed by atoms with Crippen molar-refractivity contribution in [2.75, 3.05) is 13.7 Å². The number of fused-ring (bicyclic) bond motifs is 1. The first-order valence-corrected chi connectivity index (χ1v) is 6.87. The van der Waals surface area contributed by atoms with E-state index in [0.717, 1.165) is 19.3 Å². The van der Waals surface area contributed by atoms with Gasteiger partial charge in [-0.3, -0.25) is 0 Å². The monoisotopic (exact) mass is 286 g/mol. The number of aryl methyl sites for hydroxylation is 1. The molecular weight excluding hydrogens is 268 g/mol. The van der Waals surface area contributed by atoms with Crippen molar-refractivity contribution in [3.8, 4) is 11.8 Å². The van der Waals surface area contributed by atoms with Gasteiger partial charge in [-0.2, -0.15) is 5.26 Å². The minimum atomic E-state index is -1.01. The summed E-state index contributed by atoms with van der Waals surface area (Å²) in [6.45, 7) is 0.329. The van der Waals surface area contributed by atoms with Crippen molar-refractivity contribution in [1.82, 2.24) is 5.32 Å². The highest BCUT2D eigenvalue weighted by atomic mass is 16.5. The van der Waals surface area contributed by atoms with E-state index >= 15 is 0 Å². The summed E-state index contributed by atoms with van der Waals surface area (Å²) in [6, 6.07) is 6.02. The highest BCUT2D eigenvalue weighted by Crippen LogP contribution is 2.31. The largest absolute Gasteiger partial charge is 0.495 e. The van der Waals surface area contributed by atoms with E-state index in [0.29, 0.717) is 23.8 Å². The van der Waals surface area contributed by atoms with Crippen LogP contribution < -0.4 is 10.1 Å². The fraction of sp³-hybridized carbons (Fsp3) is 0.375. The Morgan fingerprint density at radius 2 is 2.38 bits per heavy atom. The van der Waals surface area contributed by atoms with E-state index in [1.54, 1.807) is 7.11 Å². The van der Waals surface area contributed by atoms with Crippen LogP contribution in [0.5, 0.6) is 5.75 Å². The average molecular weight is 286 g/mol. The van der Waals surface area contributed by atoms with E-state index in [2.05, 4.69) is 17.5 Å². The van der Waals surface area contributed by atoms with Crippen LogP contribution in [0.4, 0.5) is 4.79 Å². The molecular formula is C16H18N2O3. The number of nitrogens with zero attached hydrogens (tertiary/aromatic N) is 1. The molecule has 0 spiro atoms. The lowest BCUT2D eigenvalue weighted by Gasteiger charge is -2.23. The second-order valence-corrected chi connectivity index (χ2v) is 5.05. The molecule has 0 saturated heterocycles. The number of nitriles is 1. The predicted molar refractivity (Wildman–Crippen MR) is 78.4 cm³/mol.